The van der Waals surface area contributed by atoms with Gasteiger partial charge in [0.2, 0.25) is 5.91 Å². The van der Waals surface area contributed by atoms with E-state index in [2.05, 4.69) is 5.32 Å². The Bertz CT molecular complexity index is 873. The molecule has 3 aliphatic heterocycles. The van der Waals surface area contributed by atoms with Crippen LogP contribution in [0.25, 0.3) is 0 Å². The Hall–Kier alpha value is -2.83. The molecule has 154 valence electrons. The second-order valence-corrected chi connectivity index (χ2v) is 7.97. The summed E-state index contributed by atoms with van der Waals surface area (Å²) in [6.45, 7) is 6.80. The van der Waals surface area contributed by atoms with Crippen LogP contribution in [0, 0.1) is 6.92 Å². The summed E-state index contributed by atoms with van der Waals surface area (Å²) in [6.07, 6.45) is 2.44. The van der Waals surface area contributed by atoms with E-state index < -0.39 is 6.04 Å². The van der Waals surface area contributed by atoms with Crippen LogP contribution in [0.4, 0.5) is 4.79 Å². The molecule has 0 radical (unpaired) electrons. The van der Waals surface area contributed by atoms with Gasteiger partial charge in [-0.25, -0.2) is 4.79 Å². The third-order valence-corrected chi connectivity index (χ3v) is 6.04. The zero-order chi connectivity index (χ0) is 20.5. The van der Waals surface area contributed by atoms with Gasteiger partial charge in [0.05, 0.1) is 23.9 Å². The Morgan fingerprint density at radius 1 is 1.21 bits per heavy atom. The standard InChI is InChI=1S/C22H28N4O3/c1-3-26-17-14-25(12-9-18(27)24-10-4-5-11-24)21(28)19(17)20(23-22(26)29)16-8-6-7-15(2)13-16/h6-8,13,20H,3-5,9-12,14H2,1-2H3,(H,23,29). The smallest absolute Gasteiger partial charge is 0.322 e. The first-order chi connectivity index (χ1) is 14.0. The molecule has 3 aliphatic rings. The van der Waals surface area contributed by atoms with Gasteiger partial charge in [-0.2, -0.15) is 0 Å². The van der Waals surface area contributed by atoms with E-state index in [4.69, 9.17) is 0 Å². The lowest BCUT2D eigenvalue weighted by Gasteiger charge is -2.33. The summed E-state index contributed by atoms with van der Waals surface area (Å²) < 4.78 is 0. The minimum atomic E-state index is -0.452. The maximum atomic E-state index is 13.3. The molecule has 4 rings (SSSR count). The highest BCUT2D eigenvalue weighted by molar-refractivity contribution is 6.01. The summed E-state index contributed by atoms with van der Waals surface area (Å²) in [5.74, 6) is 0.0242. The number of aryl methyl sites for hydroxylation is 1. The van der Waals surface area contributed by atoms with Crippen molar-refractivity contribution in [3.63, 3.8) is 0 Å². The molecule has 29 heavy (non-hydrogen) atoms. The SMILES string of the molecule is CCN1C(=O)NC(c2cccc(C)c2)C2=C1CN(CCC(=O)N1CCCC1)C2=O. The summed E-state index contributed by atoms with van der Waals surface area (Å²) in [5.41, 5.74) is 3.38. The van der Waals surface area contributed by atoms with Gasteiger partial charge in [0.1, 0.15) is 0 Å². The molecule has 0 aliphatic carbocycles. The molecule has 0 aromatic heterocycles. The Balaban J connectivity index is 1.56. The van der Waals surface area contributed by atoms with E-state index in [1.54, 1.807) is 9.80 Å². The van der Waals surface area contributed by atoms with E-state index in [0.29, 0.717) is 31.6 Å². The fourth-order valence-corrected chi connectivity index (χ4v) is 4.52. The first-order valence-electron chi connectivity index (χ1n) is 10.4. The first-order valence-corrected chi connectivity index (χ1v) is 10.4. The van der Waals surface area contributed by atoms with Crippen LogP contribution in [0.1, 0.15) is 43.4 Å². The van der Waals surface area contributed by atoms with Crippen molar-refractivity contribution in [1.29, 1.82) is 0 Å². The van der Waals surface area contributed by atoms with E-state index in [9.17, 15) is 14.4 Å². The van der Waals surface area contributed by atoms with Gasteiger partial charge >= 0.3 is 6.03 Å². The van der Waals surface area contributed by atoms with Crippen molar-refractivity contribution in [3.05, 3.63) is 46.7 Å². The van der Waals surface area contributed by atoms with Crippen molar-refractivity contribution >= 4 is 17.8 Å². The van der Waals surface area contributed by atoms with E-state index in [1.807, 2.05) is 43.0 Å². The molecule has 7 heteroatoms. The van der Waals surface area contributed by atoms with Crippen molar-refractivity contribution in [3.8, 4) is 0 Å². The molecule has 1 N–H and O–H groups in total. The maximum absolute atomic E-state index is 13.3. The van der Waals surface area contributed by atoms with Gasteiger partial charge < -0.3 is 15.1 Å². The van der Waals surface area contributed by atoms with Gasteiger partial charge in [-0.3, -0.25) is 14.5 Å². The second-order valence-electron chi connectivity index (χ2n) is 7.97. The Morgan fingerprint density at radius 3 is 2.66 bits per heavy atom. The normalized spacial score (nSPS) is 21.7. The van der Waals surface area contributed by atoms with E-state index in [1.165, 1.54) is 0 Å². The van der Waals surface area contributed by atoms with Crippen LogP contribution in [0.2, 0.25) is 0 Å². The summed E-state index contributed by atoms with van der Waals surface area (Å²) in [4.78, 5) is 43.6. The van der Waals surface area contributed by atoms with Crippen LogP contribution >= 0.6 is 0 Å². The molecule has 1 unspecified atom stereocenters. The van der Waals surface area contributed by atoms with Gasteiger partial charge in [0.25, 0.3) is 5.91 Å². The molecule has 7 nitrogen and oxygen atoms in total. The number of urea groups is 1. The third-order valence-electron chi connectivity index (χ3n) is 6.04. The summed E-state index contributed by atoms with van der Waals surface area (Å²) in [5, 5.41) is 3.00. The minimum absolute atomic E-state index is 0.0841. The lowest BCUT2D eigenvalue weighted by Crippen LogP contribution is -2.47. The van der Waals surface area contributed by atoms with E-state index in [-0.39, 0.29) is 17.8 Å². The summed E-state index contributed by atoms with van der Waals surface area (Å²) >= 11 is 0. The number of likely N-dealkylation sites (tertiary alicyclic amines) is 1. The van der Waals surface area contributed by atoms with Crippen molar-refractivity contribution in [2.75, 3.05) is 32.7 Å². The lowest BCUT2D eigenvalue weighted by atomic mass is 9.94. The predicted octanol–water partition coefficient (Wildman–Crippen LogP) is 2.19. The van der Waals surface area contributed by atoms with Gasteiger partial charge in [-0.05, 0) is 32.3 Å². The Labute approximate surface area is 171 Å². The van der Waals surface area contributed by atoms with Crippen LogP contribution in [0.15, 0.2) is 35.5 Å². The summed E-state index contributed by atoms with van der Waals surface area (Å²) in [7, 11) is 0. The molecule has 4 amide bonds. The monoisotopic (exact) mass is 396 g/mol. The van der Waals surface area contributed by atoms with Crippen LogP contribution in [0.3, 0.4) is 0 Å². The topological polar surface area (TPSA) is 73.0 Å². The average molecular weight is 396 g/mol. The molecule has 0 saturated carbocycles. The number of nitrogens with one attached hydrogen (secondary N) is 1. The fraction of sp³-hybridized carbons (Fsp3) is 0.500. The van der Waals surface area contributed by atoms with Gasteiger partial charge in [0.15, 0.2) is 0 Å². The lowest BCUT2D eigenvalue weighted by molar-refractivity contribution is -0.131. The summed E-state index contributed by atoms with van der Waals surface area (Å²) in [6, 6.07) is 7.25. The van der Waals surface area contributed by atoms with Crippen molar-refractivity contribution in [2.24, 2.45) is 0 Å². The van der Waals surface area contributed by atoms with E-state index >= 15 is 0 Å². The molecule has 1 fully saturated rings. The van der Waals surface area contributed by atoms with Crippen molar-refractivity contribution in [1.82, 2.24) is 20.0 Å². The fourth-order valence-electron chi connectivity index (χ4n) is 4.52. The number of hydrogen-bond donors (Lipinski definition) is 1. The van der Waals surface area contributed by atoms with Crippen LogP contribution < -0.4 is 5.32 Å². The van der Waals surface area contributed by atoms with Crippen molar-refractivity contribution in [2.45, 2.75) is 39.2 Å². The molecule has 1 saturated heterocycles. The van der Waals surface area contributed by atoms with Crippen molar-refractivity contribution < 1.29 is 14.4 Å². The number of rotatable bonds is 5. The third kappa shape index (κ3) is 3.61. The van der Waals surface area contributed by atoms with Crippen LogP contribution in [0.5, 0.6) is 0 Å². The van der Waals surface area contributed by atoms with E-state index in [0.717, 1.165) is 42.8 Å². The predicted molar refractivity (Wildman–Crippen MR) is 109 cm³/mol. The molecular weight excluding hydrogens is 368 g/mol. The van der Waals surface area contributed by atoms with Crippen LogP contribution in [-0.2, 0) is 9.59 Å². The number of nitrogens with zero attached hydrogens (tertiary/aromatic N) is 3. The molecule has 1 atom stereocenters. The highest BCUT2D eigenvalue weighted by Gasteiger charge is 2.43. The van der Waals surface area contributed by atoms with Gasteiger partial charge in [-0.15, -0.1) is 0 Å². The number of carbonyl (C=O) groups excluding carboxylic acids is 3. The van der Waals surface area contributed by atoms with Gasteiger partial charge in [0, 0.05) is 32.6 Å². The molecule has 1 aromatic rings. The largest absolute Gasteiger partial charge is 0.343 e. The van der Waals surface area contributed by atoms with Crippen LogP contribution in [-0.4, -0.2) is 65.3 Å². The number of likely N-dealkylation sites (N-methyl/N-ethyl adjacent to an activating group) is 1. The molecular formula is C22H28N4O3. The zero-order valence-electron chi connectivity index (χ0n) is 17.1. The zero-order valence-corrected chi connectivity index (χ0v) is 17.1. The molecule has 3 heterocycles. The minimum Gasteiger partial charge on any atom is -0.343 e. The van der Waals surface area contributed by atoms with Gasteiger partial charge in [-0.1, -0.05) is 29.8 Å². The number of amides is 4. The second kappa shape index (κ2) is 7.89. The molecule has 0 spiro atoms. The maximum Gasteiger partial charge on any atom is 0.322 e. The number of hydrogen-bond acceptors (Lipinski definition) is 3. The first kappa shape index (κ1) is 19.5. The molecule has 1 aromatic carbocycles. The number of carbonyl (C=O) groups is 3. The highest BCUT2D eigenvalue weighted by atomic mass is 16.2. The molecule has 0 bridgehead atoms. The average Bonchev–Trinajstić information content (AvgIpc) is 3.34. The quantitative estimate of drug-likeness (QED) is 0.829. The Kier molecular flexibility index (Phi) is 5.30. The Morgan fingerprint density at radius 2 is 1.97 bits per heavy atom. The number of benzene rings is 1. The highest BCUT2D eigenvalue weighted by Crippen LogP contribution is 2.36.